The van der Waals surface area contributed by atoms with E-state index in [1.54, 1.807) is 11.9 Å². The fourth-order valence-corrected chi connectivity index (χ4v) is 4.16. The molecule has 2 amide bonds. The van der Waals surface area contributed by atoms with Gasteiger partial charge < -0.3 is 20.6 Å². The summed E-state index contributed by atoms with van der Waals surface area (Å²) in [6.07, 6.45) is 0.400. The van der Waals surface area contributed by atoms with Gasteiger partial charge in [0.25, 0.3) is 0 Å². The summed E-state index contributed by atoms with van der Waals surface area (Å²) in [6.45, 7) is 10.0. The van der Waals surface area contributed by atoms with Gasteiger partial charge >= 0.3 is 5.97 Å². The minimum atomic E-state index is -0.892. The zero-order valence-electron chi connectivity index (χ0n) is 21.9. The fourth-order valence-electron chi connectivity index (χ4n) is 4.16. The van der Waals surface area contributed by atoms with Crippen LogP contribution in [0.3, 0.4) is 0 Å². The van der Waals surface area contributed by atoms with Crippen molar-refractivity contribution in [1.82, 2.24) is 30.2 Å². The van der Waals surface area contributed by atoms with E-state index in [1.807, 2.05) is 41.0 Å². The van der Waals surface area contributed by atoms with Gasteiger partial charge in [0.15, 0.2) is 0 Å². The standard InChI is InChI=1S/C26H42N6O4/c1-5-30-12-10-29(4)11-13-32(20-25(34)35)17-16-31(15-14-30)19-24(33)28-23(26(36)27-3)18-22-8-6-21(2)7-9-22/h4,6-9,23H,5,10-20H2,1-3H3,(H,27,36)(H,28,33)(H,34,35)/t23-/m1/s1. The van der Waals surface area contributed by atoms with Crippen LogP contribution in [0.15, 0.2) is 24.3 Å². The Bertz CT molecular complexity index is 834. The van der Waals surface area contributed by atoms with Gasteiger partial charge in [0.1, 0.15) is 6.04 Å². The number of carboxylic acids is 1. The Labute approximate surface area is 215 Å². The predicted molar refractivity (Wildman–Crippen MR) is 139 cm³/mol. The minimum Gasteiger partial charge on any atom is -0.480 e. The van der Waals surface area contributed by atoms with Gasteiger partial charge in [-0.3, -0.25) is 29.1 Å². The van der Waals surface area contributed by atoms with Crippen molar-refractivity contribution in [3.05, 3.63) is 42.4 Å². The van der Waals surface area contributed by atoms with E-state index in [0.717, 1.165) is 30.8 Å². The number of aryl methyl sites for hydroxylation is 1. The summed E-state index contributed by atoms with van der Waals surface area (Å²) in [5.41, 5.74) is 2.10. The summed E-state index contributed by atoms with van der Waals surface area (Å²) < 4.78 is 0. The molecule has 1 fully saturated rings. The average molecular weight is 503 g/mol. The van der Waals surface area contributed by atoms with Crippen LogP contribution < -0.4 is 10.6 Å². The number of carboxylic acid groups (broad SMARTS) is 1. The summed E-state index contributed by atoms with van der Waals surface area (Å²) in [4.78, 5) is 44.8. The number of hydrogen-bond acceptors (Lipinski definition) is 7. The minimum absolute atomic E-state index is 0.0791. The summed E-state index contributed by atoms with van der Waals surface area (Å²) in [6, 6.07) is 7.23. The zero-order valence-corrected chi connectivity index (χ0v) is 21.9. The molecule has 0 spiro atoms. The van der Waals surface area contributed by atoms with Crippen LogP contribution in [0.25, 0.3) is 0 Å². The second-order valence-electron chi connectivity index (χ2n) is 9.34. The molecule has 1 aliphatic heterocycles. The average Bonchev–Trinajstić information content (AvgIpc) is 2.84. The molecule has 0 aliphatic carbocycles. The molecule has 0 unspecified atom stereocenters. The molecule has 1 aromatic carbocycles. The van der Waals surface area contributed by atoms with Crippen LogP contribution in [-0.2, 0) is 20.8 Å². The first-order valence-corrected chi connectivity index (χ1v) is 12.6. The SMILES string of the molecule is [CH]N1CCN(CC)CCN(CC(=O)N[C@H](Cc2ccc(C)cc2)C(=O)NC)CCN(CC(=O)O)CC1. The maximum atomic E-state index is 13.0. The highest BCUT2D eigenvalue weighted by Gasteiger charge is 2.23. The van der Waals surface area contributed by atoms with E-state index >= 15 is 0 Å². The number of carbonyl (C=O) groups is 3. The van der Waals surface area contributed by atoms with Crippen LogP contribution in [0.1, 0.15) is 18.1 Å². The van der Waals surface area contributed by atoms with Gasteiger partial charge in [-0.2, -0.15) is 0 Å². The molecule has 1 aromatic rings. The van der Waals surface area contributed by atoms with E-state index in [1.165, 1.54) is 0 Å². The summed E-state index contributed by atoms with van der Waals surface area (Å²) in [7, 11) is 7.66. The molecule has 1 aliphatic rings. The lowest BCUT2D eigenvalue weighted by molar-refractivity contribution is -0.138. The predicted octanol–water partition coefficient (Wildman–Crippen LogP) is -0.237. The topological polar surface area (TPSA) is 108 Å². The van der Waals surface area contributed by atoms with Crippen molar-refractivity contribution in [3.63, 3.8) is 0 Å². The van der Waals surface area contributed by atoms with Gasteiger partial charge in [-0.1, -0.05) is 36.8 Å². The Morgan fingerprint density at radius 1 is 0.917 bits per heavy atom. The fraction of sp³-hybridized carbons (Fsp3) is 0.615. The third-order valence-electron chi connectivity index (χ3n) is 6.50. The molecule has 36 heavy (non-hydrogen) atoms. The number of carbonyl (C=O) groups excluding carboxylic acids is 2. The lowest BCUT2D eigenvalue weighted by Crippen LogP contribution is -2.52. The molecule has 2 radical (unpaired) electrons. The number of nitrogens with zero attached hydrogens (tertiary/aromatic N) is 4. The van der Waals surface area contributed by atoms with Gasteiger partial charge in [-0.25, -0.2) is 0 Å². The van der Waals surface area contributed by atoms with Gasteiger partial charge in [-0.15, -0.1) is 0 Å². The van der Waals surface area contributed by atoms with E-state index in [-0.39, 0.29) is 24.9 Å². The number of hydrogen-bond donors (Lipinski definition) is 3. The smallest absolute Gasteiger partial charge is 0.317 e. The van der Waals surface area contributed by atoms with Crippen LogP contribution in [0.2, 0.25) is 0 Å². The Balaban J connectivity index is 2.06. The number of rotatable bonds is 9. The van der Waals surface area contributed by atoms with E-state index in [2.05, 4.69) is 22.5 Å². The van der Waals surface area contributed by atoms with Crippen molar-refractivity contribution in [2.75, 3.05) is 79.0 Å². The summed E-state index contributed by atoms with van der Waals surface area (Å²) in [5, 5.41) is 14.8. The van der Waals surface area contributed by atoms with Gasteiger partial charge in [0.05, 0.1) is 13.1 Å². The van der Waals surface area contributed by atoms with Crippen LogP contribution in [0.4, 0.5) is 0 Å². The first kappa shape index (κ1) is 29.7. The molecule has 0 saturated carbocycles. The van der Waals surface area contributed by atoms with Crippen molar-refractivity contribution in [2.45, 2.75) is 26.3 Å². The van der Waals surface area contributed by atoms with E-state index < -0.39 is 12.0 Å². The molecule has 2 rings (SSSR count). The van der Waals surface area contributed by atoms with Crippen molar-refractivity contribution in [1.29, 1.82) is 0 Å². The van der Waals surface area contributed by atoms with Gasteiger partial charge in [0.2, 0.25) is 11.8 Å². The summed E-state index contributed by atoms with van der Waals surface area (Å²) >= 11 is 0. The van der Waals surface area contributed by atoms with Crippen molar-refractivity contribution in [2.24, 2.45) is 0 Å². The molecule has 10 nitrogen and oxygen atoms in total. The highest BCUT2D eigenvalue weighted by atomic mass is 16.4. The number of likely N-dealkylation sites (N-methyl/N-ethyl adjacent to an activating group) is 2. The molecule has 1 heterocycles. The highest BCUT2D eigenvalue weighted by Crippen LogP contribution is 2.07. The Morgan fingerprint density at radius 2 is 1.44 bits per heavy atom. The second-order valence-corrected chi connectivity index (χ2v) is 9.34. The molecule has 0 bridgehead atoms. The number of aliphatic carboxylic acids is 1. The molecule has 0 aromatic heterocycles. The lowest BCUT2D eigenvalue weighted by atomic mass is 10.0. The lowest BCUT2D eigenvalue weighted by Gasteiger charge is -2.32. The van der Waals surface area contributed by atoms with Crippen LogP contribution in [0.5, 0.6) is 0 Å². The van der Waals surface area contributed by atoms with E-state index in [4.69, 9.17) is 7.05 Å². The molecule has 1 saturated heterocycles. The first-order chi connectivity index (χ1) is 17.2. The highest BCUT2D eigenvalue weighted by molar-refractivity contribution is 5.88. The third-order valence-corrected chi connectivity index (χ3v) is 6.50. The van der Waals surface area contributed by atoms with Crippen LogP contribution >= 0.6 is 0 Å². The number of nitrogens with one attached hydrogen (secondary N) is 2. The zero-order chi connectivity index (χ0) is 26.5. The molecule has 3 N–H and O–H groups in total. The molecule has 200 valence electrons. The van der Waals surface area contributed by atoms with E-state index in [0.29, 0.717) is 45.7 Å². The van der Waals surface area contributed by atoms with Crippen molar-refractivity contribution >= 4 is 17.8 Å². The monoisotopic (exact) mass is 502 g/mol. The quantitative estimate of drug-likeness (QED) is 0.425. The number of amides is 2. The first-order valence-electron chi connectivity index (χ1n) is 12.6. The number of benzene rings is 1. The van der Waals surface area contributed by atoms with Crippen molar-refractivity contribution in [3.8, 4) is 0 Å². The molecular formula is C26H42N6O4. The largest absolute Gasteiger partial charge is 0.480 e. The molecule has 1 atom stereocenters. The van der Waals surface area contributed by atoms with Crippen LogP contribution in [-0.4, -0.2) is 128 Å². The van der Waals surface area contributed by atoms with Gasteiger partial charge in [-0.05, 0) is 19.0 Å². The van der Waals surface area contributed by atoms with Gasteiger partial charge in [0, 0.05) is 72.9 Å². The molecular weight excluding hydrogens is 460 g/mol. The van der Waals surface area contributed by atoms with Crippen molar-refractivity contribution < 1.29 is 19.5 Å². The Hall–Kier alpha value is -2.53. The Morgan fingerprint density at radius 3 is 2.00 bits per heavy atom. The normalized spacial score (nSPS) is 18.6. The summed E-state index contributed by atoms with van der Waals surface area (Å²) in [5.74, 6) is -1.37. The van der Waals surface area contributed by atoms with Crippen LogP contribution in [0, 0.1) is 14.0 Å². The second kappa shape index (κ2) is 15.6. The third kappa shape index (κ3) is 11.0. The maximum absolute atomic E-state index is 13.0. The molecule has 10 heteroatoms. The maximum Gasteiger partial charge on any atom is 0.317 e. The Kier molecular flexibility index (Phi) is 12.8. The van der Waals surface area contributed by atoms with E-state index in [9.17, 15) is 19.5 Å².